The number of piperazine rings is 1. The molecule has 2 aromatic carbocycles. The highest BCUT2D eigenvalue weighted by Crippen LogP contribution is 2.31. The molecule has 2 aromatic rings. The van der Waals surface area contributed by atoms with Crippen molar-refractivity contribution in [3.63, 3.8) is 0 Å². The summed E-state index contributed by atoms with van der Waals surface area (Å²) in [4.78, 5) is 17.2. The van der Waals surface area contributed by atoms with E-state index in [1.165, 1.54) is 12.1 Å². The predicted octanol–water partition coefficient (Wildman–Crippen LogP) is 4.64. The molecule has 7 heteroatoms. The third-order valence-corrected chi connectivity index (χ3v) is 5.27. The Morgan fingerprint density at radius 1 is 1.19 bits per heavy atom. The summed E-state index contributed by atoms with van der Waals surface area (Å²) in [6.45, 7) is 6.84. The first kappa shape index (κ1) is 19.1. The van der Waals surface area contributed by atoms with E-state index in [4.69, 9.17) is 11.6 Å². The second-order valence-electron chi connectivity index (χ2n) is 6.16. The maximum atomic E-state index is 14.0. The average Bonchev–Trinajstić information content (AvgIpc) is 2.64. The van der Waals surface area contributed by atoms with Gasteiger partial charge in [0.1, 0.15) is 5.82 Å². The van der Waals surface area contributed by atoms with E-state index in [2.05, 4.69) is 38.0 Å². The molecule has 4 nitrogen and oxygen atoms in total. The van der Waals surface area contributed by atoms with E-state index in [1.54, 1.807) is 18.2 Å². The molecule has 1 aliphatic heterocycles. The van der Waals surface area contributed by atoms with Crippen molar-refractivity contribution in [1.29, 1.82) is 0 Å². The maximum absolute atomic E-state index is 14.0. The molecule has 0 aliphatic carbocycles. The first-order valence-corrected chi connectivity index (χ1v) is 9.68. The molecule has 1 heterocycles. The van der Waals surface area contributed by atoms with Gasteiger partial charge >= 0.3 is 0 Å². The van der Waals surface area contributed by atoms with Gasteiger partial charge in [-0.05, 0) is 42.9 Å². The van der Waals surface area contributed by atoms with E-state index in [9.17, 15) is 9.18 Å². The number of amides is 1. The number of carbonyl (C=O) groups excluding carboxylic acids is 1. The van der Waals surface area contributed by atoms with E-state index in [1.807, 2.05) is 6.07 Å². The van der Waals surface area contributed by atoms with E-state index in [0.717, 1.165) is 38.4 Å². The van der Waals surface area contributed by atoms with Crippen LogP contribution in [-0.2, 0) is 0 Å². The number of rotatable bonds is 4. The molecule has 0 spiro atoms. The lowest BCUT2D eigenvalue weighted by atomic mass is 10.1. The Hall–Kier alpha value is -1.63. The van der Waals surface area contributed by atoms with Gasteiger partial charge in [0.15, 0.2) is 0 Å². The summed E-state index contributed by atoms with van der Waals surface area (Å²) in [5.74, 6) is -1.06. The van der Waals surface area contributed by atoms with Crippen molar-refractivity contribution in [3.8, 4) is 0 Å². The van der Waals surface area contributed by atoms with Crippen LogP contribution in [-0.4, -0.2) is 43.5 Å². The summed E-state index contributed by atoms with van der Waals surface area (Å²) < 4.78 is 14.7. The molecule has 0 atom stereocenters. The van der Waals surface area contributed by atoms with Crippen LogP contribution in [0.4, 0.5) is 15.8 Å². The molecule has 1 fully saturated rings. The summed E-state index contributed by atoms with van der Waals surface area (Å²) in [5, 5.41) is 3.34. The molecule has 0 unspecified atom stereocenters. The van der Waals surface area contributed by atoms with E-state index in [-0.39, 0.29) is 5.56 Å². The molecule has 138 valence electrons. The van der Waals surface area contributed by atoms with Gasteiger partial charge in [-0.15, -0.1) is 0 Å². The van der Waals surface area contributed by atoms with Crippen molar-refractivity contribution in [3.05, 3.63) is 57.3 Å². The standard InChI is InChI=1S/C19H20BrClFN3O/c1-2-24-7-9-25(10-8-24)18-6-4-14(21)12-17(18)23-19(26)15-11-13(20)3-5-16(15)22/h3-6,11-12H,2,7-10H2,1H3,(H,23,26). The van der Waals surface area contributed by atoms with E-state index < -0.39 is 11.7 Å². The van der Waals surface area contributed by atoms with Crippen molar-refractivity contribution in [2.45, 2.75) is 6.92 Å². The topological polar surface area (TPSA) is 35.6 Å². The van der Waals surface area contributed by atoms with Crippen LogP contribution in [0.15, 0.2) is 40.9 Å². The second kappa shape index (κ2) is 8.37. The first-order valence-electron chi connectivity index (χ1n) is 8.51. The van der Waals surface area contributed by atoms with Gasteiger partial charge < -0.3 is 15.1 Å². The van der Waals surface area contributed by atoms with Crippen LogP contribution in [0.5, 0.6) is 0 Å². The van der Waals surface area contributed by atoms with Crippen molar-refractivity contribution < 1.29 is 9.18 Å². The first-order chi connectivity index (χ1) is 12.5. The van der Waals surface area contributed by atoms with Gasteiger partial charge in [0.2, 0.25) is 0 Å². The molecule has 0 radical (unpaired) electrons. The van der Waals surface area contributed by atoms with Crippen LogP contribution in [0.2, 0.25) is 5.02 Å². The van der Waals surface area contributed by atoms with Crippen LogP contribution >= 0.6 is 27.5 Å². The molecule has 26 heavy (non-hydrogen) atoms. The Labute approximate surface area is 166 Å². The van der Waals surface area contributed by atoms with Crippen molar-refractivity contribution in [1.82, 2.24) is 4.90 Å². The van der Waals surface area contributed by atoms with Crippen molar-refractivity contribution in [2.24, 2.45) is 0 Å². The van der Waals surface area contributed by atoms with Crippen LogP contribution < -0.4 is 10.2 Å². The molecule has 0 bridgehead atoms. The SMILES string of the molecule is CCN1CCN(c2ccc(Cl)cc2NC(=O)c2cc(Br)ccc2F)CC1. The van der Waals surface area contributed by atoms with Gasteiger partial charge in [-0.1, -0.05) is 34.5 Å². The van der Waals surface area contributed by atoms with Gasteiger partial charge in [0.25, 0.3) is 5.91 Å². The van der Waals surface area contributed by atoms with E-state index in [0.29, 0.717) is 15.2 Å². The van der Waals surface area contributed by atoms with Gasteiger partial charge in [-0.25, -0.2) is 4.39 Å². The summed E-state index contributed by atoms with van der Waals surface area (Å²) >= 11 is 9.40. The molecule has 1 amide bonds. The third kappa shape index (κ3) is 4.37. The van der Waals surface area contributed by atoms with Crippen LogP contribution in [0, 0.1) is 5.82 Å². The van der Waals surface area contributed by atoms with Crippen LogP contribution in [0.3, 0.4) is 0 Å². The van der Waals surface area contributed by atoms with Gasteiger partial charge in [0, 0.05) is 35.7 Å². The fourth-order valence-corrected chi connectivity index (χ4v) is 3.58. The number of nitrogens with one attached hydrogen (secondary N) is 1. The van der Waals surface area contributed by atoms with Crippen LogP contribution in [0.1, 0.15) is 17.3 Å². The number of hydrogen-bond acceptors (Lipinski definition) is 3. The number of anilines is 2. The monoisotopic (exact) mass is 439 g/mol. The van der Waals surface area contributed by atoms with Gasteiger partial charge in [0.05, 0.1) is 16.9 Å². The number of nitrogens with zero attached hydrogens (tertiary/aromatic N) is 2. The van der Waals surface area contributed by atoms with Crippen molar-refractivity contribution in [2.75, 3.05) is 42.9 Å². The highest BCUT2D eigenvalue weighted by Gasteiger charge is 2.20. The van der Waals surface area contributed by atoms with Gasteiger partial charge in [-0.2, -0.15) is 0 Å². The number of halogens is 3. The highest BCUT2D eigenvalue weighted by atomic mass is 79.9. The zero-order chi connectivity index (χ0) is 18.7. The number of hydrogen-bond donors (Lipinski definition) is 1. The zero-order valence-corrected chi connectivity index (χ0v) is 16.8. The molecule has 0 saturated carbocycles. The molecule has 1 saturated heterocycles. The molecule has 1 aliphatic rings. The fourth-order valence-electron chi connectivity index (χ4n) is 3.05. The lowest BCUT2D eigenvalue weighted by molar-refractivity contribution is 0.102. The minimum Gasteiger partial charge on any atom is -0.367 e. The Morgan fingerprint density at radius 2 is 1.92 bits per heavy atom. The Morgan fingerprint density at radius 3 is 2.62 bits per heavy atom. The Kier molecular flexibility index (Phi) is 6.16. The largest absolute Gasteiger partial charge is 0.367 e. The summed E-state index contributed by atoms with van der Waals surface area (Å²) in [5.41, 5.74) is 1.47. The smallest absolute Gasteiger partial charge is 0.258 e. The quantitative estimate of drug-likeness (QED) is 0.752. The average molecular weight is 441 g/mol. The number of benzene rings is 2. The van der Waals surface area contributed by atoms with Crippen LogP contribution in [0.25, 0.3) is 0 Å². The molecule has 1 N–H and O–H groups in total. The number of likely N-dealkylation sites (N-methyl/N-ethyl adjacent to an activating group) is 1. The summed E-state index contributed by atoms with van der Waals surface area (Å²) in [6.07, 6.45) is 0. The summed E-state index contributed by atoms with van der Waals surface area (Å²) in [7, 11) is 0. The van der Waals surface area contributed by atoms with Crippen molar-refractivity contribution >= 4 is 44.8 Å². The predicted molar refractivity (Wildman–Crippen MR) is 108 cm³/mol. The highest BCUT2D eigenvalue weighted by molar-refractivity contribution is 9.10. The Bertz CT molecular complexity index is 809. The Balaban J connectivity index is 1.84. The molecular formula is C19H20BrClFN3O. The summed E-state index contributed by atoms with van der Waals surface area (Å²) in [6, 6.07) is 9.70. The maximum Gasteiger partial charge on any atom is 0.258 e. The third-order valence-electron chi connectivity index (χ3n) is 4.54. The van der Waals surface area contributed by atoms with Gasteiger partial charge in [-0.3, -0.25) is 4.79 Å². The zero-order valence-electron chi connectivity index (χ0n) is 14.4. The normalized spacial score (nSPS) is 15.2. The number of carbonyl (C=O) groups is 1. The second-order valence-corrected chi connectivity index (χ2v) is 7.51. The molecule has 0 aromatic heterocycles. The molecule has 3 rings (SSSR count). The lowest BCUT2D eigenvalue weighted by Gasteiger charge is -2.36. The molecular weight excluding hydrogens is 421 g/mol. The minimum atomic E-state index is -0.564. The van der Waals surface area contributed by atoms with E-state index >= 15 is 0 Å². The minimum absolute atomic E-state index is 0.0129. The fraction of sp³-hybridized carbons (Fsp3) is 0.316. The lowest BCUT2D eigenvalue weighted by Crippen LogP contribution is -2.46.